The molecule has 0 saturated carbocycles. The van der Waals surface area contributed by atoms with Crippen molar-refractivity contribution in [2.24, 2.45) is 18.0 Å². The van der Waals surface area contributed by atoms with E-state index in [0.29, 0.717) is 12.5 Å². The van der Waals surface area contributed by atoms with Gasteiger partial charge in [-0.15, -0.1) is 24.0 Å². The molecule has 0 spiro atoms. The number of nitrogens with one attached hydrogen (secondary N) is 1. The summed E-state index contributed by atoms with van der Waals surface area (Å²) in [6.07, 6.45) is 6.40. The van der Waals surface area contributed by atoms with Crippen LogP contribution in [0.15, 0.2) is 41.7 Å². The van der Waals surface area contributed by atoms with Gasteiger partial charge in [0.2, 0.25) is 0 Å². The van der Waals surface area contributed by atoms with E-state index >= 15 is 0 Å². The fraction of sp³-hybridized carbons (Fsp3) is 0.545. The molecule has 2 unspecified atom stereocenters. The van der Waals surface area contributed by atoms with Crippen molar-refractivity contribution in [3.8, 4) is 5.75 Å². The molecule has 6 nitrogen and oxygen atoms in total. The molecule has 7 heteroatoms. The lowest BCUT2D eigenvalue weighted by Gasteiger charge is -2.22. The van der Waals surface area contributed by atoms with Gasteiger partial charge < -0.3 is 15.0 Å². The van der Waals surface area contributed by atoms with Crippen LogP contribution >= 0.6 is 24.0 Å². The number of benzene rings is 1. The van der Waals surface area contributed by atoms with Crippen molar-refractivity contribution < 1.29 is 4.74 Å². The third-order valence-corrected chi connectivity index (χ3v) is 5.06. The fourth-order valence-electron chi connectivity index (χ4n) is 3.63. The first-order chi connectivity index (χ1) is 13.5. The molecule has 29 heavy (non-hydrogen) atoms. The van der Waals surface area contributed by atoms with Crippen LogP contribution in [0.25, 0.3) is 0 Å². The van der Waals surface area contributed by atoms with Gasteiger partial charge in [-0.1, -0.05) is 17.7 Å². The minimum Gasteiger partial charge on any atom is -0.489 e. The van der Waals surface area contributed by atoms with Gasteiger partial charge in [0.25, 0.3) is 0 Å². The third-order valence-electron chi connectivity index (χ3n) is 5.06. The number of aromatic nitrogens is 2. The lowest BCUT2D eigenvalue weighted by molar-refractivity contribution is 0.229. The van der Waals surface area contributed by atoms with Crippen molar-refractivity contribution in [1.29, 1.82) is 0 Å². The van der Waals surface area contributed by atoms with Crippen molar-refractivity contribution in [2.75, 3.05) is 26.2 Å². The van der Waals surface area contributed by atoms with E-state index in [1.165, 1.54) is 17.5 Å². The molecular weight excluding hydrogens is 477 g/mol. The minimum atomic E-state index is 0. The number of nitrogens with zero attached hydrogens (tertiary/aromatic N) is 4. The molecule has 1 aliphatic heterocycles. The molecule has 1 aliphatic rings. The molecule has 1 aromatic heterocycles. The zero-order chi connectivity index (χ0) is 19.9. The van der Waals surface area contributed by atoms with E-state index in [4.69, 9.17) is 9.73 Å². The molecule has 1 N–H and O–H groups in total. The highest BCUT2D eigenvalue weighted by Gasteiger charge is 2.25. The van der Waals surface area contributed by atoms with Crippen molar-refractivity contribution >= 4 is 29.9 Å². The van der Waals surface area contributed by atoms with E-state index in [9.17, 15) is 0 Å². The highest BCUT2D eigenvalue weighted by molar-refractivity contribution is 14.0. The van der Waals surface area contributed by atoms with Crippen LogP contribution < -0.4 is 10.1 Å². The number of hydrogen-bond donors (Lipinski definition) is 1. The van der Waals surface area contributed by atoms with E-state index in [2.05, 4.69) is 54.4 Å². The Morgan fingerprint density at radius 2 is 2.10 bits per heavy atom. The van der Waals surface area contributed by atoms with Crippen LogP contribution in [0.4, 0.5) is 0 Å². The predicted molar refractivity (Wildman–Crippen MR) is 129 cm³/mol. The maximum atomic E-state index is 6.00. The highest BCUT2D eigenvalue weighted by Crippen LogP contribution is 2.21. The summed E-state index contributed by atoms with van der Waals surface area (Å²) in [5.41, 5.74) is 2.55. The smallest absolute Gasteiger partial charge is 0.194 e. The SMILES string of the molecule is CCNC(=NCC(C)Oc1ccc(C)cc1)N1CCC(Cc2cnn(C)c2)C1.I. The average Bonchev–Trinajstić information content (AvgIpc) is 3.30. The van der Waals surface area contributed by atoms with Crippen LogP contribution in [-0.4, -0.2) is 52.9 Å². The zero-order valence-electron chi connectivity index (χ0n) is 18.0. The lowest BCUT2D eigenvalue weighted by Crippen LogP contribution is -2.40. The molecule has 0 radical (unpaired) electrons. The molecule has 1 aromatic carbocycles. The van der Waals surface area contributed by atoms with Crippen molar-refractivity contribution in [2.45, 2.75) is 39.7 Å². The second kappa shape index (κ2) is 11.4. The van der Waals surface area contributed by atoms with Crippen LogP contribution in [-0.2, 0) is 13.5 Å². The Hall–Kier alpha value is -1.77. The molecule has 0 aliphatic carbocycles. The number of rotatable bonds is 7. The third kappa shape index (κ3) is 7.21. The Balaban J connectivity index is 0.00000300. The van der Waals surface area contributed by atoms with Gasteiger partial charge in [0.15, 0.2) is 5.96 Å². The maximum Gasteiger partial charge on any atom is 0.194 e. The molecule has 0 amide bonds. The number of aliphatic imine (C=N–C) groups is 1. The van der Waals surface area contributed by atoms with Gasteiger partial charge in [-0.25, -0.2) is 4.99 Å². The summed E-state index contributed by atoms with van der Waals surface area (Å²) < 4.78 is 7.88. The van der Waals surface area contributed by atoms with Crippen LogP contribution in [0.2, 0.25) is 0 Å². The number of guanidine groups is 1. The molecule has 1 saturated heterocycles. The summed E-state index contributed by atoms with van der Waals surface area (Å²) >= 11 is 0. The van der Waals surface area contributed by atoms with Crippen molar-refractivity contribution in [3.05, 3.63) is 47.8 Å². The van der Waals surface area contributed by atoms with Gasteiger partial charge in [0.05, 0.1) is 12.7 Å². The molecule has 2 aromatic rings. The predicted octanol–water partition coefficient (Wildman–Crippen LogP) is 3.64. The molecule has 3 rings (SSSR count). The second-order valence-corrected chi connectivity index (χ2v) is 7.76. The van der Waals surface area contributed by atoms with Gasteiger partial charge in [0.1, 0.15) is 11.9 Å². The van der Waals surface area contributed by atoms with Crippen molar-refractivity contribution in [1.82, 2.24) is 20.0 Å². The Bertz CT molecular complexity index is 774. The molecule has 0 bridgehead atoms. The second-order valence-electron chi connectivity index (χ2n) is 7.76. The first-order valence-corrected chi connectivity index (χ1v) is 10.3. The van der Waals surface area contributed by atoms with E-state index in [0.717, 1.165) is 37.8 Å². The van der Waals surface area contributed by atoms with Crippen LogP contribution in [0, 0.1) is 12.8 Å². The van der Waals surface area contributed by atoms with Gasteiger partial charge >= 0.3 is 0 Å². The molecule has 2 heterocycles. The van der Waals surface area contributed by atoms with Crippen LogP contribution in [0.5, 0.6) is 5.75 Å². The molecule has 160 valence electrons. The number of likely N-dealkylation sites (tertiary alicyclic amines) is 1. The lowest BCUT2D eigenvalue weighted by atomic mass is 10.0. The summed E-state index contributed by atoms with van der Waals surface area (Å²) in [5.74, 6) is 2.54. The molecular formula is C22H34IN5O. The fourth-order valence-corrected chi connectivity index (χ4v) is 3.63. The average molecular weight is 511 g/mol. The van der Waals surface area contributed by atoms with Gasteiger partial charge in [0, 0.05) is 32.9 Å². The first kappa shape index (κ1) is 23.5. The Kier molecular flexibility index (Phi) is 9.26. The monoisotopic (exact) mass is 511 g/mol. The standard InChI is InChI=1S/C22H33N5O.HI/c1-5-23-22(24-13-18(3)28-21-8-6-17(2)7-9-21)27-11-10-19(16-27)12-20-14-25-26(4)15-20;/h6-9,14-15,18-19H,5,10-13,16H2,1-4H3,(H,23,24);1H. The summed E-state index contributed by atoms with van der Waals surface area (Å²) in [6.45, 7) is 9.86. The van der Waals surface area contributed by atoms with Gasteiger partial charge in [-0.2, -0.15) is 5.10 Å². The summed E-state index contributed by atoms with van der Waals surface area (Å²) in [7, 11) is 1.97. The van der Waals surface area contributed by atoms with Crippen molar-refractivity contribution in [3.63, 3.8) is 0 Å². The molecule has 1 fully saturated rings. The quantitative estimate of drug-likeness (QED) is 0.351. The summed E-state index contributed by atoms with van der Waals surface area (Å²) in [5, 5.41) is 7.73. The Labute approximate surface area is 191 Å². The number of ether oxygens (including phenoxy) is 1. The van der Waals surface area contributed by atoms with Crippen LogP contribution in [0.1, 0.15) is 31.4 Å². The van der Waals surface area contributed by atoms with Gasteiger partial charge in [-0.05, 0) is 57.2 Å². The minimum absolute atomic E-state index is 0. The van der Waals surface area contributed by atoms with Crippen LogP contribution in [0.3, 0.4) is 0 Å². The van der Waals surface area contributed by atoms with Gasteiger partial charge in [-0.3, -0.25) is 4.68 Å². The maximum absolute atomic E-state index is 6.00. The zero-order valence-corrected chi connectivity index (χ0v) is 20.3. The van der Waals surface area contributed by atoms with E-state index in [-0.39, 0.29) is 30.1 Å². The van der Waals surface area contributed by atoms with E-state index < -0.39 is 0 Å². The normalized spacial score (nSPS) is 17.7. The molecule has 2 atom stereocenters. The Morgan fingerprint density at radius 1 is 1.34 bits per heavy atom. The van der Waals surface area contributed by atoms with E-state index in [1.807, 2.05) is 30.1 Å². The number of halogens is 1. The summed E-state index contributed by atoms with van der Waals surface area (Å²) in [6, 6.07) is 8.18. The Morgan fingerprint density at radius 3 is 2.76 bits per heavy atom. The number of aryl methyl sites for hydroxylation is 2. The first-order valence-electron chi connectivity index (χ1n) is 10.3. The largest absolute Gasteiger partial charge is 0.489 e. The highest BCUT2D eigenvalue weighted by atomic mass is 127. The van der Waals surface area contributed by atoms with E-state index in [1.54, 1.807) is 0 Å². The number of hydrogen-bond acceptors (Lipinski definition) is 3. The topological polar surface area (TPSA) is 54.7 Å². The summed E-state index contributed by atoms with van der Waals surface area (Å²) in [4.78, 5) is 7.22.